The van der Waals surface area contributed by atoms with Crippen LogP contribution in [0.15, 0.2) is 41.3 Å². The third-order valence-electron chi connectivity index (χ3n) is 2.61. The molecule has 0 radical (unpaired) electrons. The molecule has 0 atom stereocenters. The first-order chi connectivity index (χ1) is 7.91. The minimum atomic E-state index is -3.38. The lowest BCUT2D eigenvalue weighted by atomic mass is 10.1. The van der Waals surface area contributed by atoms with Gasteiger partial charge >= 0.3 is 0 Å². The van der Waals surface area contributed by atoms with Crippen LogP contribution in [0.2, 0.25) is 0 Å². The number of nitrogens with two attached hydrogens (primary N) is 1. The first-order valence-corrected chi connectivity index (χ1v) is 6.57. The van der Waals surface area contributed by atoms with Crippen LogP contribution in [-0.2, 0) is 10.0 Å². The minimum Gasteiger partial charge on any atom is -0.399 e. The van der Waals surface area contributed by atoms with Crippen LogP contribution in [0.3, 0.4) is 0 Å². The molecule has 0 aliphatic heterocycles. The summed E-state index contributed by atoms with van der Waals surface area (Å²) in [6.07, 6.45) is 0. The number of rotatable bonds is 2. The fourth-order valence-corrected chi connectivity index (χ4v) is 2.55. The quantitative estimate of drug-likeness (QED) is 0.825. The third kappa shape index (κ3) is 2.11. The Balaban J connectivity index is 2.64. The van der Waals surface area contributed by atoms with Gasteiger partial charge in [-0.3, -0.25) is 0 Å². The number of benzene rings is 2. The monoisotopic (exact) mass is 250 g/mol. The Morgan fingerprint density at radius 3 is 2.24 bits per heavy atom. The molecule has 0 spiro atoms. The highest BCUT2D eigenvalue weighted by atomic mass is 32.2. The zero-order valence-electron chi connectivity index (χ0n) is 9.71. The molecule has 17 heavy (non-hydrogen) atoms. The van der Waals surface area contributed by atoms with Gasteiger partial charge in [0.1, 0.15) is 0 Å². The SMILES string of the molecule is CN(C)S(=O)(=O)c1ccc2cc(N)ccc2c1. The van der Waals surface area contributed by atoms with E-state index in [0.29, 0.717) is 10.6 Å². The normalized spacial score (nSPS) is 12.2. The van der Waals surface area contributed by atoms with Crippen molar-refractivity contribution in [2.24, 2.45) is 0 Å². The van der Waals surface area contributed by atoms with Gasteiger partial charge in [0, 0.05) is 19.8 Å². The van der Waals surface area contributed by atoms with Crippen molar-refractivity contribution in [1.29, 1.82) is 0 Å². The van der Waals surface area contributed by atoms with Gasteiger partial charge < -0.3 is 5.73 Å². The summed E-state index contributed by atoms with van der Waals surface area (Å²) >= 11 is 0. The van der Waals surface area contributed by atoms with E-state index in [0.717, 1.165) is 10.8 Å². The van der Waals surface area contributed by atoms with Crippen LogP contribution in [-0.4, -0.2) is 26.8 Å². The second kappa shape index (κ2) is 4.01. The van der Waals surface area contributed by atoms with Gasteiger partial charge in [-0.25, -0.2) is 12.7 Å². The molecule has 0 heterocycles. The standard InChI is InChI=1S/C12H14N2O2S/c1-14(2)17(15,16)12-6-4-9-7-11(13)5-3-10(9)8-12/h3-8H,13H2,1-2H3. The Labute approximate surface area is 101 Å². The number of nitrogen functional groups attached to an aromatic ring is 1. The van der Waals surface area contributed by atoms with Crippen LogP contribution in [0.25, 0.3) is 10.8 Å². The molecule has 0 unspecified atom stereocenters. The van der Waals surface area contributed by atoms with Crippen molar-refractivity contribution in [3.63, 3.8) is 0 Å². The van der Waals surface area contributed by atoms with Gasteiger partial charge in [0.25, 0.3) is 0 Å². The Morgan fingerprint density at radius 2 is 1.59 bits per heavy atom. The number of nitrogens with zero attached hydrogens (tertiary/aromatic N) is 1. The number of fused-ring (bicyclic) bond motifs is 1. The average Bonchev–Trinajstić information content (AvgIpc) is 2.28. The first kappa shape index (κ1) is 11.9. The van der Waals surface area contributed by atoms with Gasteiger partial charge in [0.2, 0.25) is 10.0 Å². The number of hydrogen-bond acceptors (Lipinski definition) is 3. The van der Waals surface area contributed by atoms with Crippen molar-refractivity contribution < 1.29 is 8.42 Å². The van der Waals surface area contributed by atoms with Crippen LogP contribution >= 0.6 is 0 Å². The molecule has 0 aliphatic rings. The van der Waals surface area contributed by atoms with E-state index < -0.39 is 10.0 Å². The molecule has 2 aromatic carbocycles. The summed E-state index contributed by atoms with van der Waals surface area (Å²) in [5.74, 6) is 0. The van der Waals surface area contributed by atoms with Crippen LogP contribution < -0.4 is 5.73 Å². The summed E-state index contributed by atoms with van der Waals surface area (Å²) in [7, 11) is -0.344. The molecule has 0 amide bonds. The molecule has 0 saturated heterocycles. The Bertz CT molecular complexity index is 663. The summed E-state index contributed by atoms with van der Waals surface area (Å²) < 4.78 is 25.1. The van der Waals surface area contributed by atoms with E-state index in [9.17, 15) is 8.42 Å². The smallest absolute Gasteiger partial charge is 0.242 e. The van der Waals surface area contributed by atoms with Crippen molar-refractivity contribution >= 4 is 26.5 Å². The van der Waals surface area contributed by atoms with Crippen LogP contribution in [0.1, 0.15) is 0 Å². The molecule has 0 bridgehead atoms. The average molecular weight is 250 g/mol. The Morgan fingerprint density at radius 1 is 1.00 bits per heavy atom. The molecule has 0 saturated carbocycles. The topological polar surface area (TPSA) is 63.4 Å². The highest BCUT2D eigenvalue weighted by molar-refractivity contribution is 7.89. The predicted octanol–water partition coefficient (Wildman–Crippen LogP) is 1.67. The van der Waals surface area contributed by atoms with Gasteiger partial charge in [-0.1, -0.05) is 12.1 Å². The van der Waals surface area contributed by atoms with Gasteiger partial charge in [-0.2, -0.15) is 0 Å². The fraction of sp³-hybridized carbons (Fsp3) is 0.167. The van der Waals surface area contributed by atoms with Crippen LogP contribution in [0.4, 0.5) is 5.69 Å². The molecule has 2 rings (SSSR count). The van der Waals surface area contributed by atoms with E-state index in [-0.39, 0.29) is 0 Å². The van der Waals surface area contributed by atoms with Gasteiger partial charge in [0.05, 0.1) is 4.90 Å². The number of anilines is 1. The lowest BCUT2D eigenvalue weighted by Crippen LogP contribution is -2.22. The Hall–Kier alpha value is -1.59. The largest absolute Gasteiger partial charge is 0.399 e. The fourth-order valence-electron chi connectivity index (χ4n) is 1.61. The molecular weight excluding hydrogens is 236 g/mol. The highest BCUT2D eigenvalue weighted by Gasteiger charge is 2.16. The third-order valence-corrected chi connectivity index (χ3v) is 4.43. The van der Waals surface area contributed by atoms with Crippen LogP contribution in [0, 0.1) is 0 Å². The minimum absolute atomic E-state index is 0.291. The molecule has 2 aromatic rings. The summed E-state index contributed by atoms with van der Waals surface area (Å²) in [5.41, 5.74) is 6.34. The van der Waals surface area contributed by atoms with E-state index in [1.54, 1.807) is 24.3 Å². The molecular formula is C12H14N2O2S. The highest BCUT2D eigenvalue weighted by Crippen LogP contribution is 2.22. The summed E-state index contributed by atoms with van der Waals surface area (Å²) in [4.78, 5) is 0.291. The van der Waals surface area contributed by atoms with Crippen molar-refractivity contribution in [3.8, 4) is 0 Å². The second-order valence-corrected chi connectivity index (χ2v) is 6.21. The molecule has 5 heteroatoms. The molecule has 90 valence electrons. The maximum absolute atomic E-state index is 11.9. The van der Waals surface area contributed by atoms with E-state index in [4.69, 9.17) is 5.73 Å². The zero-order valence-corrected chi connectivity index (χ0v) is 10.5. The van der Waals surface area contributed by atoms with Gasteiger partial charge in [0.15, 0.2) is 0 Å². The molecule has 4 nitrogen and oxygen atoms in total. The second-order valence-electron chi connectivity index (χ2n) is 4.06. The summed E-state index contributed by atoms with van der Waals surface area (Å²) in [6, 6.07) is 10.4. The van der Waals surface area contributed by atoms with Crippen molar-refractivity contribution in [2.75, 3.05) is 19.8 Å². The lowest BCUT2D eigenvalue weighted by molar-refractivity contribution is 0.521. The molecule has 2 N–H and O–H groups in total. The van der Waals surface area contributed by atoms with E-state index >= 15 is 0 Å². The summed E-state index contributed by atoms with van der Waals surface area (Å²) in [5, 5.41) is 1.80. The summed E-state index contributed by atoms with van der Waals surface area (Å²) in [6.45, 7) is 0. The number of hydrogen-bond donors (Lipinski definition) is 1. The van der Waals surface area contributed by atoms with Crippen molar-refractivity contribution in [3.05, 3.63) is 36.4 Å². The zero-order chi connectivity index (χ0) is 12.6. The molecule has 0 aliphatic carbocycles. The van der Waals surface area contributed by atoms with E-state index in [1.165, 1.54) is 18.4 Å². The van der Waals surface area contributed by atoms with Gasteiger partial charge in [-0.15, -0.1) is 0 Å². The Kier molecular flexibility index (Phi) is 2.81. The van der Waals surface area contributed by atoms with Gasteiger partial charge in [-0.05, 0) is 35.0 Å². The van der Waals surface area contributed by atoms with E-state index in [1.807, 2.05) is 12.1 Å². The predicted molar refractivity (Wildman–Crippen MR) is 69.2 cm³/mol. The van der Waals surface area contributed by atoms with Crippen molar-refractivity contribution in [2.45, 2.75) is 4.90 Å². The maximum Gasteiger partial charge on any atom is 0.242 e. The molecule has 0 fully saturated rings. The van der Waals surface area contributed by atoms with Crippen LogP contribution in [0.5, 0.6) is 0 Å². The first-order valence-electron chi connectivity index (χ1n) is 5.13. The molecule has 0 aromatic heterocycles. The lowest BCUT2D eigenvalue weighted by Gasteiger charge is -2.11. The van der Waals surface area contributed by atoms with E-state index in [2.05, 4.69) is 0 Å². The van der Waals surface area contributed by atoms with Crippen molar-refractivity contribution in [1.82, 2.24) is 4.31 Å². The maximum atomic E-state index is 11.9. The number of sulfonamides is 1.